The van der Waals surface area contributed by atoms with E-state index in [2.05, 4.69) is 18.2 Å². The van der Waals surface area contributed by atoms with Crippen LogP contribution in [0.5, 0.6) is 0 Å². The van der Waals surface area contributed by atoms with Gasteiger partial charge < -0.3 is 0 Å². The van der Waals surface area contributed by atoms with Crippen molar-refractivity contribution < 1.29 is 0 Å². The summed E-state index contributed by atoms with van der Waals surface area (Å²) in [7, 11) is 11.8. The molecular formula is C10H9B2NS. The molecule has 0 aromatic heterocycles. The van der Waals surface area contributed by atoms with E-state index >= 15 is 0 Å². The van der Waals surface area contributed by atoms with Crippen LogP contribution in [0.2, 0.25) is 0 Å². The van der Waals surface area contributed by atoms with Gasteiger partial charge in [-0.05, 0) is 36.6 Å². The van der Waals surface area contributed by atoms with Gasteiger partial charge in [-0.25, -0.2) is 4.40 Å². The molecule has 0 spiro atoms. The molecule has 1 nitrogen and oxygen atoms in total. The summed E-state index contributed by atoms with van der Waals surface area (Å²) in [6, 6.07) is 3.65. The summed E-state index contributed by atoms with van der Waals surface area (Å²) < 4.78 is 4.38. The van der Waals surface area contributed by atoms with Gasteiger partial charge in [-0.15, -0.1) is 0 Å². The molecule has 1 aromatic rings. The molecule has 4 heteroatoms. The van der Waals surface area contributed by atoms with Gasteiger partial charge in [0.2, 0.25) is 0 Å². The van der Waals surface area contributed by atoms with Crippen molar-refractivity contribution in [1.82, 2.24) is 0 Å². The highest BCUT2D eigenvalue weighted by Gasteiger charge is 2.12. The van der Waals surface area contributed by atoms with E-state index in [-0.39, 0.29) is 0 Å². The highest BCUT2D eigenvalue weighted by atomic mass is 32.2. The van der Waals surface area contributed by atoms with Gasteiger partial charge >= 0.3 is 0 Å². The van der Waals surface area contributed by atoms with Gasteiger partial charge in [0.1, 0.15) is 15.7 Å². The summed E-state index contributed by atoms with van der Waals surface area (Å²) in [4.78, 5) is 0. The average molecular weight is 197 g/mol. The average Bonchev–Trinajstić information content (AvgIpc) is 2.16. The summed E-state index contributed by atoms with van der Waals surface area (Å²) in [6.45, 7) is 4.20. The Morgan fingerprint density at radius 3 is 2.64 bits per heavy atom. The second-order valence-electron chi connectivity index (χ2n) is 3.49. The SMILES string of the molecule is [B]c1ccc([B])c2c1=NSC(C)C=2C. The highest BCUT2D eigenvalue weighted by molar-refractivity contribution is 7.98. The number of nitrogens with zero attached hydrogens (tertiary/aromatic N) is 1. The summed E-state index contributed by atoms with van der Waals surface area (Å²) in [6.07, 6.45) is 0. The molecule has 66 valence electrons. The van der Waals surface area contributed by atoms with Crippen LogP contribution in [0.15, 0.2) is 16.5 Å². The Bertz CT molecular complexity index is 496. The first-order chi connectivity index (χ1) is 6.61. The molecule has 1 atom stereocenters. The van der Waals surface area contributed by atoms with Crippen molar-refractivity contribution in [2.45, 2.75) is 19.1 Å². The van der Waals surface area contributed by atoms with E-state index in [1.165, 1.54) is 5.57 Å². The van der Waals surface area contributed by atoms with E-state index in [1.54, 1.807) is 11.9 Å². The largest absolute Gasteiger partial charge is 0.216 e. The van der Waals surface area contributed by atoms with Crippen LogP contribution in [0.25, 0.3) is 5.57 Å². The van der Waals surface area contributed by atoms with Crippen LogP contribution in [-0.4, -0.2) is 20.9 Å². The van der Waals surface area contributed by atoms with E-state index < -0.39 is 0 Å². The lowest BCUT2D eigenvalue weighted by Gasteiger charge is -2.15. The fourth-order valence-electron chi connectivity index (χ4n) is 1.55. The fourth-order valence-corrected chi connectivity index (χ4v) is 2.29. The standard InChI is InChI=1S/C10H9B2NS/c1-5-6(2)14-13-10-8(12)4-3-7(11)9(5)10/h3-4,6H,1-2H3. The van der Waals surface area contributed by atoms with E-state index in [0.717, 1.165) is 16.0 Å². The molecule has 0 fully saturated rings. The maximum absolute atomic E-state index is 5.92. The van der Waals surface area contributed by atoms with Crippen LogP contribution >= 0.6 is 11.9 Å². The van der Waals surface area contributed by atoms with Gasteiger partial charge in [0, 0.05) is 5.25 Å². The van der Waals surface area contributed by atoms with E-state index in [1.807, 2.05) is 12.1 Å². The number of fused-ring (bicyclic) bond motifs is 1. The Morgan fingerprint density at radius 2 is 1.93 bits per heavy atom. The molecule has 1 aromatic carbocycles. The van der Waals surface area contributed by atoms with Gasteiger partial charge in [-0.2, -0.15) is 0 Å². The maximum Gasteiger partial charge on any atom is 0.116 e. The van der Waals surface area contributed by atoms with Crippen LogP contribution in [0.1, 0.15) is 13.8 Å². The summed E-state index contributed by atoms with van der Waals surface area (Å²) in [5, 5.41) is 2.24. The molecule has 0 amide bonds. The number of hydrogen-bond acceptors (Lipinski definition) is 2. The number of benzene rings is 1. The molecule has 0 bridgehead atoms. The van der Waals surface area contributed by atoms with Crippen molar-refractivity contribution >= 4 is 44.1 Å². The topological polar surface area (TPSA) is 12.4 Å². The molecule has 14 heavy (non-hydrogen) atoms. The van der Waals surface area contributed by atoms with Gasteiger partial charge in [-0.3, -0.25) is 0 Å². The summed E-state index contributed by atoms with van der Waals surface area (Å²) in [5.41, 5.74) is 2.72. The lowest BCUT2D eigenvalue weighted by atomic mass is 9.85. The third-order valence-electron chi connectivity index (χ3n) is 2.55. The third-order valence-corrected chi connectivity index (χ3v) is 3.51. The van der Waals surface area contributed by atoms with Crippen molar-refractivity contribution in [2.75, 3.05) is 0 Å². The molecule has 0 saturated carbocycles. The van der Waals surface area contributed by atoms with Crippen molar-refractivity contribution in [1.29, 1.82) is 0 Å². The monoisotopic (exact) mass is 197 g/mol. The Kier molecular flexibility index (Phi) is 2.48. The molecule has 0 saturated heterocycles. The Balaban J connectivity index is 2.96. The molecule has 1 heterocycles. The maximum atomic E-state index is 5.92. The second-order valence-corrected chi connectivity index (χ2v) is 4.59. The minimum atomic E-state index is 0.381. The zero-order chi connectivity index (χ0) is 10.3. The van der Waals surface area contributed by atoms with Gasteiger partial charge in [0.15, 0.2) is 0 Å². The molecule has 0 aliphatic carbocycles. The molecule has 4 radical (unpaired) electrons. The van der Waals surface area contributed by atoms with Gasteiger partial charge in [0.25, 0.3) is 0 Å². The molecule has 2 rings (SSSR count). The van der Waals surface area contributed by atoms with E-state index in [0.29, 0.717) is 10.7 Å². The second kappa shape index (κ2) is 3.50. The lowest BCUT2D eigenvalue weighted by molar-refractivity contribution is 1.19. The number of hydrogen-bond donors (Lipinski definition) is 0. The first-order valence-electron chi connectivity index (χ1n) is 4.50. The Hall–Kier alpha value is -0.630. The van der Waals surface area contributed by atoms with Crippen molar-refractivity contribution in [3.8, 4) is 0 Å². The first-order valence-corrected chi connectivity index (χ1v) is 5.33. The minimum Gasteiger partial charge on any atom is -0.216 e. The van der Waals surface area contributed by atoms with Crippen molar-refractivity contribution in [2.24, 2.45) is 4.40 Å². The molecule has 0 N–H and O–H groups in total. The predicted molar refractivity (Wildman–Crippen MR) is 64.1 cm³/mol. The Morgan fingerprint density at radius 1 is 1.29 bits per heavy atom. The Labute approximate surface area is 90.7 Å². The van der Waals surface area contributed by atoms with E-state index in [4.69, 9.17) is 15.7 Å². The van der Waals surface area contributed by atoms with Crippen LogP contribution in [0.4, 0.5) is 0 Å². The van der Waals surface area contributed by atoms with Crippen LogP contribution in [0.3, 0.4) is 0 Å². The number of rotatable bonds is 0. The van der Waals surface area contributed by atoms with Gasteiger partial charge in [-0.1, -0.05) is 23.1 Å². The molecular weight excluding hydrogens is 188 g/mol. The van der Waals surface area contributed by atoms with Gasteiger partial charge in [0.05, 0.1) is 5.36 Å². The zero-order valence-electron chi connectivity index (χ0n) is 8.24. The normalized spacial score (nSPS) is 20.1. The van der Waals surface area contributed by atoms with E-state index in [9.17, 15) is 0 Å². The van der Waals surface area contributed by atoms with Crippen molar-refractivity contribution in [3.05, 3.63) is 22.7 Å². The first kappa shape index (κ1) is 9.91. The molecule has 1 aliphatic rings. The summed E-state index contributed by atoms with van der Waals surface area (Å²) >= 11 is 1.54. The predicted octanol–water partition coefficient (Wildman–Crippen LogP) is -0.885. The fraction of sp³-hybridized carbons (Fsp3) is 0.300. The van der Waals surface area contributed by atoms with Crippen LogP contribution in [0, 0.1) is 0 Å². The molecule has 1 unspecified atom stereocenters. The molecule has 1 aliphatic heterocycles. The van der Waals surface area contributed by atoms with Crippen LogP contribution < -0.4 is 21.5 Å². The zero-order valence-corrected chi connectivity index (χ0v) is 9.06. The summed E-state index contributed by atoms with van der Waals surface area (Å²) in [5.74, 6) is 0. The lowest BCUT2D eigenvalue weighted by Crippen LogP contribution is -2.50. The third kappa shape index (κ3) is 1.42. The van der Waals surface area contributed by atoms with Crippen molar-refractivity contribution in [3.63, 3.8) is 0 Å². The highest BCUT2D eigenvalue weighted by Crippen LogP contribution is 2.19. The minimum absolute atomic E-state index is 0.381. The van der Waals surface area contributed by atoms with Crippen LogP contribution in [-0.2, 0) is 0 Å². The quantitative estimate of drug-likeness (QED) is 0.388. The smallest absolute Gasteiger partial charge is 0.116 e.